The smallest absolute Gasteiger partial charge is 0.392 e. The van der Waals surface area contributed by atoms with Crippen LogP contribution in [-0.2, 0) is 30.4 Å². The lowest BCUT2D eigenvalue weighted by molar-refractivity contribution is -0.276. The van der Waals surface area contributed by atoms with Crippen LogP contribution in [0.1, 0.15) is 61.7 Å². The second kappa shape index (κ2) is 13.9. The lowest BCUT2D eigenvalue weighted by Crippen LogP contribution is -2.48. The third-order valence-corrected chi connectivity index (χ3v) is 8.88. The monoisotopic (exact) mass is 619 g/mol. The average Bonchev–Trinajstić information content (AvgIpc) is 3.68. The van der Waals surface area contributed by atoms with Gasteiger partial charge in [0.15, 0.2) is 6.29 Å². The van der Waals surface area contributed by atoms with Gasteiger partial charge in [0.2, 0.25) is 5.91 Å². The SMILES string of the molecule is COC[C@@H]1CCCN1C[C@@H]1O[C@H](c2cccc(NC(=O)[C@@H]3CCCN3C(=O)C(F)(F)F)c2)O[C@H](c2ccc(CO)cc2)[C@@H]1C. The van der Waals surface area contributed by atoms with Gasteiger partial charge in [0.1, 0.15) is 6.04 Å². The molecule has 9 nitrogen and oxygen atoms in total. The van der Waals surface area contributed by atoms with E-state index < -0.39 is 30.3 Å². The lowest BCUT2D eigenvalue weighted by Gasteiger charge is -2.43. The van der Waals surface area contributed by atoms with Crippen LogP contribution in [-0.4, -0.2) is 84.4 Å². The van der Waals surface area contributed by atoms with Crippen LogP contribution in [0.4, 0.5) is 18.9 Å². The topological polar surface area (TPSA) is 101 Å². The molecule has 2 aromatic carbocycles. The molecule has 3 aliphatic rings. The minimum Gasteiger partial charge on any atom is -0.392 e. The number of carbonyl (C=O) groups is 2. The number of hydrogen-bond acceptors (Lipinski definition) is 7. The minimum atomic E-state index is -5.04. The van der Waals surface area contributed by atoms with Crippen molar-refractivity contribution in [2.75, 3.05) is 38.7 Å². The molecular weight excluding hydrogens is 579 g/mol. The number of anilines is 1. The molecule has 5 rings (SSSR count). The van der Waals surface area contributed by atoms with E-state index in [1.807, 2.05) is 30.3 Å². The third-order valence-electron chi connectivity index (χ3n) is 8.88. The zero-order chi connectivity index (χ0) is 31.4. The summed E-state index contributed by atoms with van der Waals surface area (Å²) in [6.45, 7) is 4.18. The van der Waals surface area contributed by atoms with Gasteiger partial charge in [-0.25, -0.2) is 0 Å². The Morgan fingerprint density at radius 1 is 1.05 bits per heavy atom. The van der Waals surface area contributed by atoms with Crippen molar-refractivity contribution in [3.8, 4) is 0 Å². The number of benzene rings is 2. The highest BCUT2D eigenvalue weighted by Gasteiger charge is 2.48. The van der Waals surface area contributed by atoms with Crippen LogP contribution >= 0.6 is 0 Å². The van der Waals surface area contributed by atoms with Crippen LogP contribution < -0.4 is 5.32 Å². The van der Waals surface area contributed by atoms with Crippen molar-refractivity contribution in [2.24, 2.45) is 5.92 Å². The zero-order valence-electron chi connectivity index (χ0n) is 25.0. The number of ether oxygens (including phenoxy) is 3. The van der Waals surface area contributed by atoms with Gasteiger partial charge in [-0.15, -0.1) is 0 Å². The molecule has 6 atom stereocenters. The number of aliphatic hydroxyl groups excluding tert-OH is 1. The van der Waals surface area contributed by atoms with Gasteiger partial charge in [0, 0.05) is 43.4 Å². The van der Waals surface area contributed by atoms with E-state index in [-0.39, 0.29) is 37.7 Å². The van der Waals surface area contributed by atoms with E-state index in [4.69, 9.17) is 14.2 Å². The summed E-state index contributed by atoms with van der Waals surface area (Å²) >= 11 is 0. The van der Waals surface area contributed by atoms with Crippen LogP contribution in [0.25, 0.3) is 0 Å². The van der Waals surface area contributed by atoms with Crippen LogP contribution in [0.3, 0.4) is 0 Å². The Hall–Kier alpha value is -3.03. The molecule has 0 spiro atoms. The van der Waals surface area contributed by atoms with E-state index in [0.717, 1.165) is 30.5 Å². The number of amides is 2. The van der Waals surface area contributed by atoms with Gasteiger partial charge in [0.05, 0.1) is 25.4 Å². The molecule has 240 valence electrons. The molecule has 2 N–H and O–H groups in total. The summed E-state index contributed by atoms with van der Waals surface area (Å²) in [6, 6.07) is 13.6. The van der Waals surface area contributed by atoms with E-state index >= 15 is 0 Å². The standard InChI is InChI=1S/C32H40F3N3O6/c1-20-27(17-37-14-4-8-25(37)19-42-2)43-30(44-28(20)22-12-10-21(18-39)11-13-22)23-6-3-7-24(16-23)36-29(40)26-9-5-15-38(26)31(41)32(33,34)35/h3,6-7,10-13,16,20,25-28,30,39H,4-5,8-9,14-15,17-19H2,1-2H3,(H,36,40)/t20-,25+,26+,27+,28+,30+/m1/s1. The van der Waals surface area contributed by atoms with Crippen molar-refractivity contribution in [1.82, 2.24) is 9.80 Å². The van der Waals surface area contributed by atoms with Crippen molar-refractivity contribution in [3.63, 3.8) is 0 Å². The number of aliphatic hydroxyl groups is 1. The van der Waals surface area contributed by atoms with Crippen LogP contribution in [0.2, 0.25) is 0 Å². The van der Waals surface area contributed by atoms with E-state index in [1.165, 1.54) is 0 Å². The lowest BCUT2D eigenvalue weighted by atomic mass is 9.90. The number of halogens is 3. The van der Waals surface area contributed by atoms with Crippen LogP contribution in [0.15, 0.2) is 48.5 Å². The number of hydrogen-bond donors (Lipinski definition) is 2. The minimum absolute atomic E-state index is 0.0163. The number of nitrogens with zero attached hydrogens (tertiary/aromatic N) is 2. The third kappa shape index (κ3) is 7.26. The fourth-order valence-electron chi connectivity index (χ4n) is 6.51. The summed E-state index contributed by atoms with van der Waals surface area (Å²) in [5, 5.41) is 12.2. The van der Waals surface area contributed by atoms with Gasteiger partial charge in [-0.1, -0.05) is 43.3 Å². The summed E-state index contributed by atoms with van der Waals surface area (Å²) in [7, 11) is 1.70. The first-order valence-electron chi connectivity index (χ1n) is 15.1. The highest BCUT2D eigenvalue weighted by Crippen LogP contribution is 2.42. The van der Waals surface area contributed by atoms with Gasteiger partial charge in [-0.3, -0.25) is 14.5 Å². The second-order valence-corrected chi connectivity index (χ2v) is 11.8. The Labute approximate surface area is 255 Å². The molecule has 0 bridgehead atoms. The highest BCUT2D eigenvalue weighted by molar-refractivity contribution is 5.98. The number of methoxy groups -OCH3 is 1. The maximum Gasteiger partial charge on any atom is 0.471 e. The number of rotatable bonds is 9. The fraction of sp³-hybridized carbons (Fsp3) is 0.562. The molecule has 3 aliphatic heterocycles. The largest absolute Gasteiger partial charge is 0.471 e. The Balaban J connectivity index is 1.36. The maximum absolute atomic E-state index is 13.1. The Morgan fingerprint density at radius 2 is 1.80 bits per heavy atom. The van der Waals surface area contributed by atoms with Crippen molar-refractivity contribution in [3.05, 3.63) is 65.2 Å². The summed E-state index contributed by atoms with van der Waals surface area (Å²) < 4.78 is 57.8. The van der Waals surface area contributed by atoms with Gasteiger partial charge in [0.25, 0.3) is 0 Å². The Bertz CT molecular complexity index is 1290. The molecule has 44 heavy (non-hydrogen) atoms. The van der Waals surface area contributed by atoms with E-state index in [0.29, 0.717) is 41.8 Å². The molecule has 3 saturated heterocycles. The first kappa shape index (κ1) is 32.4. The average molecular weight is 620 g/mol. The molecule has 2 aromatic rings. The van der Waals surface area contributed by atoms with Crippen molar-refractivity contribution in [2.45, 2.75) is 76.0 Å². The number of nitrogens with one attached hydrogen (secondary N) is 1. The highest BCUT2D eigenvalue weighted by atomic mass is 19.4. The molecule has 12 heteroatoms. The predicted molar refractivity (Wildman–Crippen MR) is 155 cm³/mol. The number of likely N-dealkylation sites (tertiary alicyclic amines) is 2. The molecule has 0 unspecified atom stereocenters. The van der Waals surface area contributed by atoms with E-state index in [2.05, 4.69) is 17.1 Å². The summed E-state index contributed by atoms with van der Waals surface area (Å²) in [5.74, 6) is -2.69. The molecular formula is C32H40F3N3O6. The predicted octanol–water partition coefficient (Wildman–Crippen LogP) is 4.57. The van der Waals surface area contributed by atoms with Gasteiger partial charge in [-0.05, 0) is 55.5 Å². The van der Waals surface area contributed by atoms with Gasteiger partial charge >= 0.3 is 12.1 Å². The van der Waals surface area contributed by atoms with Gasteiger partial charge in [-0.2, -0.15) is 13.2 Å². The quantitative estimate of drug-likeness (QED) is 0.424. The van der Waals surface area contributed by atoms with Gasteiger partial charge < -0.3 is 29.5 Å². The van der Waals surface area contributed by atoms with Crippen molar-refractivity contribution >= 4 is 17.5 Å². The van der Waals surface area contributed by atoms with Crippen molar-refractivity contribution < 1.29 is 42.1 Å². The van der Waals surface area contributed by atoms with E-state index in [1.54, 1.807) is 25.3 Å². The van der Waals surface area contributed by atoms with E-state index in [9.17, 15) is 27.9 Å². The van der Waals surface area contributed by atoms with Crippen LogP contribution in [0.5, 0.6) is 0 Å². The summed E-state index contributed by atoms with van der Waals surface area (Å²) in [5.41, 5.74) is 2.75. The van der Waals surface area contributed by atoms with Crippen molar-refractivity contribution in [1.29, 1.82) is 0 Å². The molecule has 0 radical (unpaired) electrons. The Morgan fingerprint density at radius 3 is 2.50 bits per heavy atom. The molecule has 3 heterocycles. The first-order chi connectivity index (χ1) is 21.1. The number of alkyl halides is 3. The first-order valence-corrected chi connectivity index (χ1v) is 15.1. The van der Waals surface area contributed by atoms with Crippen LogP contribution in [0, 0.1) is 5.92 Å². The fourth-order valence-corrected chi connectivity index (χ4v) is 6.51. The molecule has 0 aliphatic carbocycles. The molecule has 3 fully saturated rings. The normalized spacial score (nSPS) is 27.9. The summed E-state index contributed by atoms with van der Waals surface area (Å²) in [4.78, 5) is 27.9. The molecule has 0 aromatic heterocycles. The second-order valence-electron chi connectivity index (χ2n) is 11.8. The number of carbonyl (C=O) groups excluding carboxylic acids is 2. The Kier molecular flexibility index (Phi) is 10.3. The summed E-state index contributed by atoms with van der Waals surface area (Å²) in [6.07, 6.45) is -3.76. The zero-order valence-corrected chi connectivity index (χ0v) is 25.0. The molecule has 2 amide bonds. The maximum atomic E-state index is 13.1. The molecule has 0 saturated carbocycles.